The van der Waals surface area contributed by atoms with Crippen molar-refractivity contribution >= 4 is 11.8 Å². The number of fused-ring (bicyclic) bond motifs is 1. The molecule has 1 aromatic carbocycles. The number of aliphatic hydroxyl groups excluding tert-OH is 1. The molecule has 1 aliphatic rings. The van der Waals surface area contributed by atoms with Crippen molar-refractivity contribution in [3.63, 3.8) is 0 Å². The molecule has 0 fully saturated rings. The number of rotatable bonds is 4. The molecule has 0 bridgehead atoms. The molecule has 4 nitrogen and oxygen atoms in total. The summed E-state index contributed by atoms with van der Waals surface area (Å²) >= 11 is 0. The number of imide groups is 1. The molecule has 2 amide bonds. The number of amides is 2. The molecule has 90 valence electrons. The smallest absolute Gasteiger partial charge is 0.261 e. The zero-order valence-electron chi connectivity index (χ0n) is 9.72. The van der Waals surface area contributed by atoms with Crippen LogP contribution >= 0.6 is 0 Å². The number of benzene rings is 1. The second-order valence-electron chi connectivity index (χ2n) is 4.10. The van der Waals surface area contributed by atoms with E-state index in [0.29, 0.717) is 24.0 Å². The molecule has 1 atom stereocenters. The molecule has 1 unspecified atom stereocenters. The molecule has 1 heterocycles. The van der Waals surface area contributed by atoms with Gasteiger partial charge in [0.2, 0.25) is 0 Å². The van der Waals surface area contributed by atoms with Gasteiger partial charge in [0.15, 0.2) is 0 Å². The lowest BCUT2D eigenvalue weighted by Crippen LogP contribution is -2.40. The molecule has 4 heteroatoms. The summed E-state index contributed by atoms with van der Waals surface area (Å²) in [5.41, 5.74) is 0.933. The Bertz CT molecular complexity index is 421. The predicted molar refractivity (Wildman–Crippen MR) is 62.7 cm³/mol. The van der Waals surface area contributed by atoms with Crippen LogP contribution in [0.1, 0.15) is 40.5 Å². The Balaban J connectivity index is 2.35. The largest absolute Gasteiger partial charge is 0.396 e. The van der Waals surface area contributed by atoms with Gasteiger partial charge in [0.25, 0.3) is 11.8 Å². The topological polar surface area (TPSA) is 57.6 Å². The first kappa shape index (κ1) is 11.8. The molecular weight excluding hydrogens is 218 g/mol. The van der Waals surface area contributed by atoms with Crippen LogP contribution in [0.2, 0.25) is 0 Å². The normalized spacial score (nSPS) is 16.2. The van der Waals surface area contributed by atoms with Crippen molar-refractivity contribution in [3.8, 4) is 0 Å². The first-order valence-corrected chi connectivity index (χ1v) is 5.78. The summed E-state index contributed by atoms with van der Waals surface area (Å²) in [5, 5.41) is 8.97. The Morgan fingerprint density at radius 3 is 2.12 bits per heavy atom. The predicted octanol–water partition coefficient (Wildman–Crippen LogP) is 1.44. The van der Waals surface area contributed by atoms with Crippen molar-refractivity contribution in [1.29, 1.82) is 0 Å². The van der Waals surface area contributed by atoms with E-state index < -0.39 is 0 Å². The molecular formula is C13H15NO3. The lowest BCUT2D eigenvalue weighted by atomic mass is 10.1. The van der Waals surface area contributed by atoms with Crippen LogP contribution in [0.25, 0.3) is 0 Å². The van der Waals surface area contributed by atoms with Crippen LogP contribution in [0, 0.1) is 0 Å². The first-order valence-electron chi connectivity index (χ1n) is 5.78. The highest BCUT2D eigenvalue weighted by Gasteiger charge is 2.38. The van der Waals surface area contributed by atoms with Crippen molar-refractivity contribution < 1.29 is 14.7 Å². The van der Waals surface area contributed by atoms with Gasteiger partial charge in [0.1, 0.15) is 0 Å². The molecule has 17 heavy (non-hydrogen) atoms. The minimum Gasteiger partial charge on any atom is -0.396 e. The van der Waals surface area contributed by atoms with Crippen LogP contribution in [0.5, 0.6) is 0 Å². The summed E-state index contributed by atoms with van der Waals surface area (Å²) in [7, 11) is 0. The molecule has 1 aliphatic heterocycles. The van der Waals surface area contributed by atoms with E-state index in [9.17, 15) is 9.59 Å². The Morgan fingerprint density at radius 1 is 1.18 bits per heavy atom. The fourth-order valence-corrected chi connectivity index (χ4v) is 2.20. The molecule has 0 spiro atoms. The van der Waals surface area contributed by atoms with E-state index in [-0.39, 0.29) is 24.5 Å². The van der Waals surface area contributed by atoms with Gasteiger partial charge < -0.3 is 5.11 Å². The van der Waals surface area contributed by atoms with Crippen LogP contribution in [-0.2, 0) is 0 Å². The number of carbonyl (C=O) groups excluding carboxylic acids is 2. The average molecular weight is 233 g/mol. The van der Waals surface area contributed by atoms with Crippen molar-refractivity contribution in [2.75, 3.05) is 6.61 Å². The Labute approximate surface area is 99.9 Å². The molecule has 0 radical (unpaired) electrons. The van der Waals surface area contributed by atoms with E-state index in [1.165, 1.54) is 4.90 Å². The average Bonchev–Trinajstić information content (AvgIpc) is 2.61. The number of hydrogen-bond acceptors (Lipinski definition) is 3. The van der Waals surface area contributed by atoms with E-state index in [4.69, 9.17) is 5.11 Å². The Kier molecular flexibility index (Phi) is 3.24. The molecule has 0 saturated heterocycles. The number of nitrogens with zero attached hydrogens (tertiary/aromatic N) is 1. The highest BCUT2D eigenvalue weighted by Crippen LogP contribution is 2.26. The van der Waals surface area contributed by atoms with Crippen LogP contribution in [0.15, 0.2) is 24.3 Å². The highest BCUT2D eigenvalue weighted by molar-refractivity contribution is 6.21. The van der Waals surface area contributed by atoms with Gasteiger partial charge in [-0.1, -0.05) is 19.1 Å². The third kappa shape index (κ3) is 1.85. The third-order valence-corrected chi connectivity index (χ3v) is 3.12. The third-order valence-electron chi connectivity index (χ3n) is 3.12. The highest BCUT2D eigenvalue weighted by atomic mass is 16.3. The van der Waals surface area contributed by atoms with E-state index in [0.717, 1.165) is 0 Å². The van der Waals surface area contributed by atoms with Gasteiger partial charge in [-0.25, -0.2) is 0 Å². The summed E-state index contributed by atoms with van der Waals surface area (Å²) in [6, 6.07) is 6.62. The van der Waals surface area contributed by atoms with E-state index in [2.05, 4.69) is 0 Å². The zero-order valence-corrected chi connectivity index (χ0v) is 9.72. The summed E-state index contributed by atoms with van der Waals surface area (Å²) in [6.07, 6.45) is 1.09. The monoisotopic (exact) mass is 233 g/mol. The Hall–Kier alpha value is -1.68. The standard InChI is InChI=1S/C13H15NO3/c1-2-9(7-8-15)14-12(16)10-5-3-4-6-11(10)13(14)17/h3-6,9,15H,2,7-8H2,1H3. The molecule has 0 aliphatic carbocycles. The zero-order chi connectivity index (χ0) is 12.4. The van der Waals surface area contributed by atoms with Crippen LogP contribution in [-0.4, -0.2) is 34.5 Å². The SMILES string of the molecule is CCC(CCO)N1C(=O)c2ccccc2C1=O. The van der Waals surface area contributed by atoms with Gasteiger partial charge in [-0.2, -0.15) is 0 Å². The first-order chi connectivity index (χ1) is 8.20. The maximum Gasteiger partial charge on any atom is 0.261 e. The van der Waals surface area contributed by atoms with Crippen LogP contribution in [0.4, 0.5) is 0 Å². The van der Waals surface area contributed by atoms with Crippen molar-refractivity contribution in [1.82, 2.24) is 4.90 Å². The minimum absolute atomic E-state index is 0.0219. The lowest BCUT2D eigenvalue weighted by Gasteiger charge is -2.24. The van der Waals surface area contributed by atoms with Crippen molar-refractivity contribution in [3.05, 3.63) is 35.4 Å². The molecule has 0 saturated carbocycles. The number of aliphatic hydroxyl groups is 1. The Morgan fingerprint density at radius 2 is 1.71 bits per heavy atom. The van der Waals surface area contributed by atoms with E-state index in [1.54, 1.807) is 24.3 Å². The molecule has 1 aromatic rings. The van der Waals surface area contributed by atoms with Crippen molar-refractivity contribution in [2.24, 2.45) is 0 Å². The van der Waals surface area contributed by atoms with Gasteiger partial charge in [-0.05, 0) is 25.0 Å². The van der Waals surface area contributed by atoms with Crippen molar-refractivity contribution in [2.45, 2.75) is 25.8 Å². The van der Waals surface area contributed by atoms with Gasteiger partial charge >= 0.3 is 0 Å². The second kappa shape index (κ2) is 4.67. The quantitative estimate of drug-likeness (QED) is 0.801. The van der Waals surface area contributed by atoms with Crippen LogP contribution < -0.4 is 0 Å². The fourth-order valence-electron chi connectivity index (χ4n) is 2.20. The minimum atomic E-state index is -0.245. The number of hydrogen-bond donors (Lipinski definition) is 1. The van der Waals surface area contributed by atoms with E-state index in [1.807, 2.05) is 6.92 Å². The summed E-state index contributed by atoms with van der Waals surface area (Å²) in [4.78, 5) is 25.5. The molecule has 0 aromatic heterocycles. The summed E-state index contributed by atoms with van der Waals surface area (Å²) in [6.45, 7) is 1.88. The van der Waals surface area contributed by atoms with Gasteiger partial charge in [0.05, 0.1) is 11.1 Å². The van der Waals surface area contributed by atoms with Crippen LogP contribution in [0.3, 0.4) is 0 Å². The van der Waals surface area contributed by atoms with Gasteiger partial charge in [-0.3, -0.25) is 14.5 Å². The summed E-state index contributed by atoms with van der Waals surface area (Å²) in [5.74, 6) is -0.489. The van der Waals surface area contributed by atoms with E-state index >= 15 is 0 Å². The fraction of sp³-hybridized carbons (Fsp3) is 0.385. The maximum atomic E-state index is 12.1. The number of carbonyl (C=O) groups is 2. The molecule has 1 N–H and O–H groups in total. The summed E-state index contributed by atoms with van der Waals surface area (Å²) < 4.78 is 0. The second-order valence-corrected chi connectivity index (χ2v) is 4.10. The van der Waals surface area contributed by atoms with Gasteiger partial charge in [0, 0.05) is 12.6 Å². The van der Waals surface area contributed by atoms with Gasteiger partial charge in [-0.15, -0.1) is 0 Å². The lowest BCUT2D eigenvalue weighted by molar-refractivity contribution is 0.0556. The maximum absolute atomic E-state index is 12.1. The molecule has 2 rings (SSSR count).